The largest absolute Gasteiger partial charge is 0.489 e. The second-order valence-corrected chi connectivity index (χ2v) is 3.14. The molecule has 1 aromatic rings. The van der Waals surface area contributed by atoms with Crippen LogP contribution in [0.15, 0.2) is 18.2 Å². The Balaban J connectivity index is 2.79. The van der Waals surface area contributed by atoms with E-state index >= 15 is 0 Å². The van der Waals surface area contributed by atoms with E-state index in [0.29, 0.717) is 0 Å². The van der Waals surface area contributed by atoms with Gasteiger partial charge in [-0.25, -0.2) is 9.18 Å². The Morgan fingerprint density at radius 3 is 2.53 bits per heavy atom. The Morgan fingerprint density at radius 1 is 1.35 bits per heavy atom. The lowest BCUT2D eigenvalue weighted by Crippen LogP contribution is -2.14. The number of benzene rings is 1. The van der Waals surface area contributed by atoms with Gasteiger partial charge in [-0.3, -0.25) is 0 Å². The molecule has 0 atom stereocenters. The highest BCUT2D eigenvalue weighted by Crippen LogP contribution is 2.25. The normalized spacial score (nSPS) is 11.3. The van der Waals surface area contributed by atoms with Crippen LogP contribution in [0.4, 0.5) is 17.6 Å². The number of carbonyl (C=O) groups is 1. The summed E-state index contributed by atoms with van der Waals surface area (Å²) in [7, 11) is 0. The van der Waals surface area contributed by atoms with Crippen molar-refractivity contribution in [3.63, 3.8) is 0 Å². The summed E-state index contributed by atoms with van der Waals surface area (Å²) in [5, 5.41) is 8.68. The third-order valence-corrected chi connectivity index (χ3v) is 1.83. The Bertz CT molecular complexity index is 415. The predicted molar refractivity (Wildman–Crippen MR) is 49.5 cm³/mol. The third-order valence-electron chi connectivity index (χ3n) is 1.83. The number of hydrogen-bond acceptors (Lipinski definition) is 2. The maximum Gasteiger partial charge on any atom is 0.392 e. The Morgan fingerprint density at radius 2 is 2.00 bits per heavy atom. The number of alkyl halides is 3. The molecule has 1 rings (SSSR count). The van der Waals surface area contributed by atoms with E-state index in [0.717, 1.165) is 18.2 Å². The Hall–Kier alpha value is -1.79. The number of aromatic carboxylic acids is 1. The second-order valence-electron chi connectivity index (χ2n) is 3.14. The highest BCUT2D eigenvalue weighted by atomic mass is 19.4. The summed E-state index contributed by atoms with van der Waals surface area (Å²) >= 11 is 0. The predicted octanol–water partition coefficient (Wildman–Crippen LogP) is 2.86. The molecule has 0 aliphatic rings. The lowest BCUT2D eigenvalue weighted by molar-refractivity contribution is -0.139. The summed E-state index contributed by atoms with van der Waals surface area (Å²) in [4.78, 5) is 10.7. The first kappa shape index (κ1) is 13.3. The average molecular weight is 252 g/mol. The molecule has 0 spiro atoms. The van der Waals surface area contributed by atoms with Gasteiger partial charge in [0.25, 0.3) is 0 Å². The molecule has 0 fully saturated rings. The summed E-state index contributed by atoms with van der Waals surface area (Å²) in [6.07, 6.45) is -5.71. The van der Waals surface area contributed by atoms with Gasteiger partial charge < -0.3 is 9.84 Å². The average Bonchev–Trinajstić information content (AvgIpc) is 2.18. The van der Waals surface area contributed by atoms with Crippen molar-refractivity contribution in [3.05, 3.63) is 29.6 Å². The van der Waals surface area contributed by atoms with Crippen molar-refractivity contribution in [2.75, 3.05) is 6.61 Å². The van der Waals surface area contributed by atoms with Gasteiger partial charge >= 0.3 is 12.1 Å². The molecule has 3 nitrogen and oxygen atoms in total. The minimum atomic E-state index is -4.44. The first-order valence-electron chi connectivity index (χ1n) is 4.52. The Kier molecular flexibility index (Phi) is 3.93. The lowest BCUT2D eigenvalue weighted by atomic mass is 10.2. The van der Waals surface area contributed by atoms with Crippen molar-refractivity contribution in [3.8, 4) is 5.75 Å². The molecule has 1 aromatic carbocycles. The molecule has 7 heteroatoms. The van der Waals surface area contributed by atoms with Crippen LogP contribution in [0.3, 0.4) is 0 Å². The van der Waals surface area contributed by atoms with Crippen molar-refractivity contribution < 1.29 is 32.2 Å². The van der Waals surface area contributed by atoms with Gasteiger partial charge in [-0.2, -0.15) is 13.2 Å². The fourth-order valence-electron chi connectivity index (χ4n) is 1.09. The number of carboxylic acids is 1. The monoisotopic (exact) mass is 252 g/mol. The van der Waals surface area contributed by atoms with Crippen LogP contribution < -0.4 is 4.74 Å². The van der Waals surface area contributed by atoms with E-state index in [1.165, 1.54) is 0 Å². The van der Waals surface area contributed by atoms with E-state index in [1.54, 1.807) is 0 Å². The number of carboxylic acid groups (broad SMARTS) is 1. The van der Waals surface area contributed by atoms with Gasteiger partial charge in [-0.05, 0) is 12.1 Å². The summed E-state index contributed by atoms with van der Waals surface area (Å²) in [6.45, 7) is -0.829. The van der Waals surface area contributed by atoms with Crippen LogP contribution >= 0.6 is 0 Å². The first-order valence-corrected chi connectivity index (χ1v) is 4.52. The fourth-order valence-corrected chi connectivity index (χ4v) is 1.09. The maximum absolute atomic E-state index is 13.2. The molecule has 0 aliphatic heterocycles. The summed E-state index contributed by atoms with van der Waals surface area (Å²) in [5.74, 6) is -3.15. The van der Waals surface area contributed by atoms with Crippen LogP contribution in [0, 0.1) is 5.82 Å². The van der Waals surface area contributed by atoms with Crippen LogP contribution in [-0.4, -0.2) is 23.9 Å². The molecule has 0 aromatic heterocycles. The minimum Gasteiger partial charge on any atom is -0.489 e. The molecule has 0 heterocycles. The smallest absolute Gasteiger partial charge is 0.392 e. The van der Waals surface area contributed by atoms with Gasteiger partial charge in [0, 0.05) is 0 Å². The molecule has 0 radical (unpaired) electrons. The highest BCUT2D eigenvalue weighted by Gasteiger charge is 2.27. The van der Waals surface area contributed by atoms with Crippen molar-refractivity contribution in [1.29, 1.82) is 0 Å². The van der Waals surface area contributed by atoms with Crippen LogP contribution in [-0.2, 0) is 0 Å². The topological polar surface area (TPSA) is 46.5 Å². The lowest BCUT2D eigenvalue weighted by Gasteiger charge is -2.11. The molecule has 0 aliphatic carbocycles. The SMILES string of the molecule is O=C(O)c1cccc(F)c1OCCC(F)(F)F. The first-order chi connectivity index (χ1) is 7.81. The molecule has 0 saturated carbocycles. The van der Waals surface area contributed by atoms with Gasteiger partial charge in [0.2, 0.25) is 0 Å². The molecule has 0 saturated heterocycles. The van der Waals surface area contributed by atoms with Gasteiger partial charge in [-0.1, -0.05) is 6.07 Å². The highest BCUT2D eigenvalue weighted by molar-refractivity contribution is 5.90. The number of rotatable bonds is 4. The summed E-state index contributed by atoms with van der Waals surface area (Å²) < 4.78 is 53.2. The number of halogens is 4. The van der Waals surface area contributed by atoms with E-state index in [9.17, 15) is 22.4 Å². The number of hydrogen-bond donors (Lipinski definition) is 1. The van der Waals surface area contributed by atoms with Crippen molar-refractivity contribution >= 4 is 5.97 Å². The third kappa shape index (κ3) is 3.93. The van der Waals surface area contributed by atoms with E-state index in [-0.39, 0.29) is 0 Å². The van der Waals surface area contributed by atoms with Crippen LogP contribution in [0.25, 0.3) is 0 Å². The molecule has 17 heavy (non-hydrogen) atoms. The molecule has 0 bridgehead atoms. The van der Waals surface area contributed by atoms with E-state index in [1.807, 2.05) is 0 Å². The van der Waals surface area contributed by atoms with Crippen LogP contribution in [0.2, 0.25) is 0 Å². The maximum atomic E-state index is 13.2. The van der Waals surface area contributed by atoms with Gasteiger partial charge in [-0.15, -0.1) is 0 Å². The van der Waals surface area contributed by atoms with Gasteiger partial charge in [0.1, 0.15) is 5.56 Å². The molecule has 1 N–H and O–H groups in total. The van der Waals surface area contributed by atoms with E-state index in [2.05, 4.69) is 4.74 Å². The van der Waals surface area contributed by atoms with Crippen LogP contribution in [0.5, 0.6) is 5.75 Å². The van der Waals surface area contributed by atoms with Crippen LogP contribution in [0.1, 0.15) is 16.8 Å². The standard InChI is InChI=1S/C10H8F4O3/c11-7-3-1-2-6(9(15)16)8(7)17-5-4-10(12,13)14/h1-3H,4-5H2,(H,15,16). The minimum absolute atomic E-state index is 0.507. The van der Waals surface area contributed by atoms with Gasteiger partial charge in [0.15, 0.2) is 11.6 Å². The zero-order valence-electron chi connectivity index (χ0n) is 8.42. The zero-order valence-corrected chi connectivity index (χ0v) is 8.42. The molecule has 0 unspecified atom stereocenters. The van der Waals surface area contributed by atoms with E-state index in [4.69, 9.17) is 5.11 Å². The Labute approximate surface area is 93.6 Å². The number of ether oxygens (including phenoxy) is 1. The summed E-state index contributed by atoms with van der Waals surface area (Å²) in [5.41, 5.74) is -0.507. The van der Waals surface area contributed by atoms with Crippen molar-refractivity contribution in [2.45, 2.75) is 12.6 Å². The zero-order chi connectivity index (χ0) is 13.1. The molecule has 0 amide bonds. The fraction of sp³-hybridized carbons (Fsp3) is 0.300. The van der Waals surface area contributed by atoms with Gasteiger partial charge in [0.05, 0.1) is 13.0 Å². The van der Waals surface area contributed by atoms with Crippen molar-refractivity contribution in [2.24, 2.45) is 0 Å². The number of para-hydroxylation sites is 1. The van der Waals surface area contributed by atoms with Crippen molar-refractivity contribution in [1.82, 2.24) is 0 Å². The molecule has 94 valence electrons. The quantitative estimate of drug-likeness (QED) is 0.838. The summed E-state index contributed by atoms with van der Waals surface area (Å²) in [6, 6.07) is 3.10. The molecular formula is C10H8F4O3. The molecular weight excluding hydrogens is 244 g/mol. The second kappa shape index (κ2) is 5.03. The van der Waals surface area contributed by atoms with E-state index < -0.39 is 42.3 Å².